The zero-order valence-corrected chi connectivity index (χ0v) is 10.3. The molecular formula is C10H20N2O3S. The Labute approximate surface area is 96.7 Å². The number of amides is 1. The van der Waals surface area contributed by atoms with E-state index in [1.54, 1.807) is 0 Å². The van der Waals surface area contributed by atoms with E-state index in [1.165, 1.54) is 6.42 Å². The van der Waals surface area contributed by atoms with Crippen molar-refractivity contribution in [2.24, 2.45) is 5.73 Å². The normalized spacial score (nSPS) is 18.3. The van der Waals surface area contributed by atoms with Gasteiger partial charge in [-0.15, -0.1) is 0 Å². The summed E-state index contributed by atoms with van der Waals surface area (Å²) in [6, 6.07) is 0.161. The first kappa shape index (κ1) is 13.4. The summed E-state index contributed by atoms with van der Waals surface area (Å²) in [7, 11) is -3.32. The van der Waals surface area contributed by atoms with E-state index in [9.17, 15) is 13.2 Å². The molecule has 16 heavy (non-hydrogen) atoms. The lowest BCUT2D eigenvalue weighted by Crippen LogP contribution is -2.40. The van der Waals surface area contributed by atoms with Crippen LogP contribution in [0.15, 0.2) is 0 Å². The van der Waals surface area contributed by atoms with Crippen LogP contribution in [-0.2, 0) is 14.6 Å². The zero-order chi connectivity index (χ0) is 12.0. The van der Waals surface area contributed by atoms with Crippen molar-refractivity contribution in [1.29, 1.82) is 0 Å². The SMILES string of the molecule is NCCS(=O)(=O)CC(=O)NC1CCCCC1. The molecule has 0 aromatic rings. The van der Waals surface area contributed by atoms with Crippen molar-refractivity contribution < 1.29 is 13.2 Å². The van der Waals surface area contributed by atoms with Crippen LogP contribution in [0.1, 0.15) is 32.1 Å². The second-order valence-corrected chi connectivity index (χ2v) is 6.47. The molecule has 0 heterocycles. The summed E-state index contributed by atoms with van der Waals surface area (Å²) >= 11 is 0. The first-order chi connectivity index (χ1) is 7.53. The third kappa shape index (κ3) is 4.94. The average Bonchev–Trinajstić information content (AvgIpc) is 2.17. The van der Waals surface area contributed by atoms with E-state index >= 15 is 0 Å². The van der Waals surface area contributed by atoms with Gasteiger partial charge in [0, 0.05) is 12.6 Å². The summed E-state index contributed by atoms with van der Waals surface area (Å²) in [5.74, 6) is -0.938. The maximum absolute atomic E-state index is 11.5. The third-order valence-electron chi connectivity index (χ3n) is 2.75. The molecule has 0 aromatic heterocycles. The van der Waals surface area contributed by atoms with Crippen LogP contribution in [-0.4, -0.2) is 38.4 Å². The van der Waals surface area contributed by atoms with Gasteiger partial charge in [-0.25, -0.2) is 8.42 Å². The second kappa shape index (κ2) is 6.20. The summed E-state index contributed by atoms with van der Waals surface area (Å²) in [6.07, 6.45) is 5.35. The highest BCUT2D eigenvalue weighted by Crippen LogP contribution is 2.17. The molecule has 1 aliphatic carbocycles. The van der Waals surface area contributed by atoms with Crippen molar-refractivity contribution in [1.82, 2.24) is 5.32 Å². The van der Waals surface area contributed by atoms with Gasteiger partial charge in [-0.2, -0.15) is 0 Å². The topological polar surface area (TPSA) is 89.3 Å². The van der Waals surface area contributed by atoms with Gasteiger partial charge in [-0.1, -0.05) is 19.3 Å². The Morgan fingerprint density at radius 2 is 1.88 bits per heavy atom. The molecule has 6 heteroatoms. The van der Waals surface area contributed by atoms with Gasteiger partial charge < -0.3 is 11.1 Å². The molecule has 0 atom stereocenters. The number of rotatable bonds is 5. The molecule has 0 spiro atoms. The molecule has 0 unspecified atom stereocenters. The maximum atomic E-state index is 11.5. The first-order valence-corrected chi connectivity index (χ1v) is 7.55. The Morgan fingerprint density at radius 1 is 1.25 bits per heavy atom. The first-order valence-electron chi connectivity index (χ1n) is 5.73. The lowest BCUT2D eigenvalue weighted by Gasteiger charge is -2.22. The smallest absolute Gasteiger partial charge is 0.235 e. The Balaban J connectivity index is 2.34. The highest BCUT2D eigenvalue weighted by Gasteiger charge is 2.20. The van der Waals surface area contributed by atoms with Gasteiger partial charge in [0.1, 0.15) is 5.75 Å². The minimum absolute atomic E-state index is 0.0685. The molecule has 0 radical (unpaired) electrons. The number of hydrogen-bond donors (Lipinski definition) is 2. The average molecular weight is 248 g/mol. The summed E-state index contributed by atoms with van der Waals surface area (Å²) in [5, 5.41) is 2.77. The lowest BCUT2D eigenvalue weighted by molar-refractivity contribution is -0.119. The van der Waals surface area contributed by atoms with E-state index in [1.807, 2.05) is 0 Å². The molecule has 1 fully saturated rings. The van der Waals surface area contributed by atoms with E-state index < -0.39 is 15.6 Å². The number of hydrogen-bond acceptors (Lipinski definition) is 4. The van der Waals surface area contributed by atoms with Gasteiger partial charge in [0.2, 0.25) is 5.91 Å². The minimum Gasteiger partial charge on any atom is -0.352 e. The fraction of sp³-hybridized carbons (Fsp3) is 0.900. The lowest BCUT2D eigenvalue weighted by atomic mass is 9.95. The summed E-state index contributed by atoms with van der Waals surface area (Å²) in [4.78, 5) is 11.5. The Hall–Kier alpha value is -0.620. The van der Waals surface area contributed by atoms with Crippen LogP contribution in [0.25, 0.3) is 0 Å². The maximum Gasteiger partial charge on any atom is 0.235 e. The standard InChI is InChI=1S/C10H20N2O3S/c11-6-7-16(14,15)8-10(13)12-9-4-2-1-3-5-9/h9H,1-8,11H2,(H,12,13). The Bertz CT molecular complexity index is 321. The van der Waals surface area contributed by atoms with E-state index in [0.29, 0.717) is 0 Å². The van der Waals surface area contributed by atoms with Crippen LogP contribution >= 0.6 is 0 Å². The van der Waals surface area contributed by atoms with Crippen molar-refractivity contribution in [3.05, 3.63) is 0 Å². The van der Waals surface area contributed by atoms with E-state index in [-0.39, 0.29) is 24.2 Å². The molecule has 94 valence electrons. The molecule has 0 bridgehead atoms. The van der Waals surface area contributed by atoms with E-state index in [0.717, 1.165) is 25.7 Å². The van der Waals surface area contributed by atoms with Crippen molar-refractivity contribution in [3.63, 3.8) is 0 Å². The van der Waals surface area contributed by atoms with Gasteiger partial charge in [-0.05, 0) is 12.8 Å². The van der Waals surface area contributed by atoms with Gasteiger partial charge >= 0.3 is 0 Å². The van der Waals surface area contributed by atoms with Gasteiger partial charge in [0.05, 0.1) is 5.75 Å². The molecule has 1 amide bonds. The summed E-state index contributed by atoms with van der Waals surface area (Å²) < 4.78 is 22.7. The highest BCUT2D eigenvalue weighted by molar-refractivity contribution is 7.92. The summed E-state index contributed by atoms with van der Waals surface area (Å²) in [6.45, 7) is 0.0685. The van der Waals surface area contributed by atoms with Gasteiger partial charge in [0.15, 0.2) is 9.84 Å². The monoisotopic (exact) mass is 248 g/mol. The summed E-state index contributed by atoms with van der Waals surface area (Å²) in [5.41, 5.74) is 5.16. The molecule has 1 rings (SSSR count). The van der Waals surface area contributed by atoms with Crippen LogP contribution in [0.4, 0.5) is 0 Å². The van der Waals surface area contributed by atoms with Crippen molar-refractivity contribution in [3.8, 4) is 0 Å². The minimum atomic E-state index is -3.32. The molecule has 0 saturated heterocycles. The fourth-order valence-electron chi connectivity index (χ4n) is 1.97. The third-order valence-corrected chi connectivity index (χ3v) is 4.31. The number of carbonyl (C=O) groups excluding carboxylic acids is 1. The van der Waals surface area contributed by atoms with Gasteiger partial charge in [-0.3, -0.25) is 4.79 Å². The van der Waals surface area contributed by atoms with Crippen LogP contribution in [0, 0.1) is 0 Å². The van der Waals surface area contributed by atoms with Gasteiger partial charge in [0.25, 0.3) is 0 Å². The van der Waals surface area contributed by atoms with Crippen molar-refractivity contribution >= 4 is 15.7 Å². The Morgan fingerprint density at radius 3 is 2.44 bits per heavy atom. The zero-order valence-electron chi connectivity index (χ0n) is 9.44. The predicted molar refractivity (Wildman–Crippen MR) is 62.7 cm³/mol. The Kier molecular flexibility index (Phi) is 5.21. The largest absolute Gasteiger partial charge is 0.352 e. The number of nitrogens with one attached hydrogen (secondary N) is 1. The van der Waals surface area contributed by atoms with E-state index in [2.05, 4.69) is 5.32 Å². The molecule has 3 N–H and O–H groups in total. The molecule has 1 aliphatic rings. The number of carbonyl (C=O) groups is 1. The highest BCUT2D eigenvalue weighted by atomic mass is 32.2. The fourth-order valence-corrected chi connectivity index (χ4v) is 2.95. The number of nitrogens with two attached hydrogens (primary N) is 1. The molecule has 5 nitrogen and oxygen atoms in total. The number of sulfone groups is 1. The van der Waals surface area contributed by atoms with Crippen LogP contribution in [0.5, 0.6) is 0 Å². The molecule has 0 aromatic carbocycles. The van der Waals surface area contributed by atoms with Crippen molar-refractivity contribution in [2.45, 2.75) is 38.1 Å². The second-order valence-electron chi connectivity index (χ2n) is 4.28. The quantitative estimate of drug-likeness (QED) is 0.705. The predicted octanol–water partition coefficient (Wildman–Crippen LogP) is -0.191. The van der Waals surface area contributed by atoms with Crippen molar-refractivity contribution in [2.75, 3.05) is 18.1 Å². The van der Waals surface area contributed by atoms with Crippen LogP contribution < -0.4 is 11.1 Å². The van der Waals surface area contributed by atoms with Crippen LogP contribution in [0.2, 0.25) is 0 Å². The molecule has 0 aliphatic heterocycles. The van der Waals surface area contributed by atoms with E-state index in [4.69, 9.17) is 5.73 Å². The molecule has 1 saturated carbocycles. The molecular weight excluding hydrogens is 228 g/mol. The van der Waals surface area contributed by atoms with Crippen LogP contribution in [0.3, 0.4) is 0 Å².